The Morgan fingerprint density at radius 3 is 2.50 bits per heavy atom. The van der Waals surface area contributed by atoms with Gasteiger partial charge in [-0.2, -0.15) is 5.26 Å². The summed E-state index contributed by atoms with van der Waals surface area (Å²) in [5.41, 5.74) is -0.532. The SMILES string of the molecule is C#CC(C)(C#N)C1CCCC1C. The topological polar surface area (TPSA) is 23.8 Å². The molecule has 0 aromatic heterocycles. The monoisotopic (exact) mass is 161 g/mol. The van der Waals surface area contributed by atoms with Gasteiger partial charge in [0.2, 0.25) is 0 Å². The summed E-state index contributed by atoms with van der Waals surface area (Å²) in [5.74, 6) is 3.67. The van der Waals surface area contributed by atoms with E-state index in [4.69, 9.17) is 11.7 Å². The van der Waals surface area contributed by atoms with Crippen molar-refractivity contribution in [3.63, 3.8) is 0 Å². The summed E-state index contributed by atoms with van der Waals surface area (Å²) >= 11 is 0. The molecule has 0 saturated heterocycles. The van der Waals surface area contributed by atoms with Crippen LogP contribution in [-0.2, 0) is 0 Å². The van der Waals surface area contributed by atoms with Gasteiger partial charge in [-0.1, -0.05) is 25.7 Å². The molecular formula is C11H15N. The highest BCUT2D eigenvalue weighted by Gasteiger charge is 2.38. The molecule has 0 spiro atoms. The third-order valence-electron chi connectivity index (χ3n) is 3.14. The van der Waals surface area contributed by atoms with E-state index in [2.05, 4.69) is 18.9 Å². The average Bonchev–Trinajstić information content (AvgIpc) is 2.51. The van der Waals surface area contributed by atoms with E-state index in [0.717, 1.165) is 6.42 Å². The Morgan fingerprint density at radius 1 is 1.50 bits per heavy atom. The number of rotatable bonds is 1. The zero-order valence-corrected chi connectivity index (χ0v) is 7.80. The van der Waals surface area contributed by atoms with Crippen molar-refractivity contribution < 1.29 is 0 Å². The van der Waals surface area contributed by atoms with Crippen molar-refractivity contribution in [1.82, 2.24) is 0 Å². The van der Waals surface area contributed by atoms with Crippen LogP contribution < -0.4 is 0 Å². The first-order chi connectivity index (χ1) is 5.64. The third-order valence-corrected chi connectivity index (χ3v) is 3.14. The van der Waals surface area contributed by atoms with E-state index < -0.39 is 5.41 Å². The van der Waals surface area contributed by atoms with Crippen molar-refractivity contribution in [2.24, 2.45) is 17.3 Å². The molecule has 0 radical (unpaired) electrons. The predicted molar refractivity (Wildman–Crippen MR) is 49.1 cm³/mol. The lowest BCUT2D eigenvalue weighted by Crippen LogP contribution is -2.25. The van der Waals surface area contributed by atoms with Gasteiger partial charge in [0, 0.05) is 0 Å². The Bertz CT molecular complexity index is 227. The predicted octanol–water partition coefficient (Wildman–Crippen LogP) is 2.59. The summed E-state index contributed by atoms with van der Waals surface area (Å²) in [6.45, 7) is 4.09. The lowest BCUT2D eigenvalue weighted by Gasteiger charge is -2.26. The lowest BCUT2D eigenvalue weighted by atomic mass is 9.74. The van der Waals surface area contributed by atoms with Gasteiger partial charge in [0.1, 0.15) is 5.41 Å². The van der Waals surface area contributed by atoms with Crippen LogP contribution in [0.5, 0.6) is 0 Å². The summed E-state index contributed by atoms with van der Waals surface area (Å²) in [7, 11) is 0. The van der Waals surface area contributed by atoms with E-state index in [-0.39, 0.29) is 0 Å². The van der Waals surface area contributed by atoms with E-state index in [1.165, 1.54) is 12.8 Å². The number of terminal acetylenes is 1. The highest BCUT2D eigenvalue weighted by molar-refractivity contribution is 5.19. The maximum absolute atomic E-state index is 8.97. The van der Waals surface area contributed by atoms with Crippen LogP contribution in [0.2, 0.25) is 0 Å². The van der Waals surface area contributed by atoms with E-state index in [1.54, 1.807) is 0 Å². The Labute approximate surface area is 74.8 Å². The van der Waals surface area contributed by atoms with Crippen molar-refractivity contribution in [1.29, 1.82) is 5.26 Å². The minimum atomic E-state index is -0.532. The molecule has 3 unspecified atom stereocenters. The average molecular weight is 161 g/mol. The number of hydrogen-bond donors (Lipinski definition) is 0. The molecule has 1 fully saturated rings. The molecular weight excluding hydrogens is 146 g/mol. The molecule has 1 nitrogen and oxygen atoms in total. The fourth-order valence-electron chi connectivity index (χ4n) is 2.23. The number of nitrogens with zero attached hydrogens (tertiary/aromatic N) is 1. The van der Waals surface area contributed by atoms with Crippen LogP contribution in [0, 0.1) is 40.9 Å². The largest absolute Gasteiger partial charge is 0.197 e. The molecule has 64 valence electrons. The van der Waals surface area contributed by atoms with Crippen molar-refractivity contribution in [3.05, 3.63) is 0 Å². The fourth-order valence-corrected chi connectivity index (χ4v) is 2.23. The highest BCUT2D eigenvalue weighted by Crippen LogP contribution is 2.42. The number of hydrogen-bond acceptors (Lipinski definition) is 1. The molecule has 1 aliphatic carbocycles. The van der Waals surface area contributed by atoms with Gasteiger partial charge in [-0.15, -0.1) is 6.42 Å². The standard InChI is InChI=1S/C11H15N/c1-4-11(3,8-12)10-7-5-6-9(10)2/h1,9-10H,5-7H2,2-3H3. The lowest BCUT2D eigenvalue weighted by molar-refractivity contribution is 0.284. The van der Waals surface area contributed by atoms with Crippen LogP contribution in [0.1, 0.15) is 33.1 Å². The Kier molecular flexibility index (Phi) is 2.43. The van der Waals surface area contributed by atoms with Crippen LogP contribution >= 0.6 is 0 Å². The van der Waals surface area contributed by atoms with Gasteiger partial charge < -0.3 is 0 Å². The maximum atomic E-state index is 8.97. The molecule has 12 heavy (non-hydrogen) atoms. The molecule has 1 saturated carbocycles. The Hall–Kier alpha value is -0.950. The first-order valence-electron chi connectivity index (χ1n) is 4.53. The molecule has 1 aliphatic rings. The first-order valence-corrected chi connectivity index (χ1v) is 4.53. The van der Waals surface area contributed by atoms with Crippen molar-refractivity contribution in [2.75, 3.05) is 0 Å². The molecule has 0 aromatic carbocycles. The molecule has 0 amide bonds. The van der Waals surface area contributed by atoms with Crippen LogP contribution in [0.4, 0.5) is 0 Å². The first kappa shape index (κ1) is 9.14. The second-order valence-electron chi connectivity index (χ2n) is 3.97. The molecule has 3 atom stereocenters. The summed E-state index contributed by atoms with van der Waals surface area (Å²) in [6, 6.07) is 2.26. The molecule has 0 heterocycles. The van der Waals surface area contributed by atoms with Gasteiger partial charge in [0.15, 0.2) is 0 Å². The summed E-state index contributed by atoms with van der Waals surface area (Å²) in [6.07, 6.45) is 8.96. The van der Waals surface area contributed by atoms with E-state index in [1.807, 2.05) is 6.92 Å². The van der Waals surface area contributed by atoms with Crippen molar-refractivity contribution >= 4 is 0 Å². The van der Waals surface area contributed by atoms with E-state index in [9.17, 15) is 0 Å². The van der Waals surface area contributed by atoms with Crippen LogP contribution in [0.25, 0.3) is 0 Å². The van der Waals surface area contributed by atoms with Crippen LogP contribution in [0.15, 0.2) is 0 Å². The molecule has 0 aliphatic heterocycles. The molecule has 1 heteroatoms. The van der Waals surface area contributed by atoms with Gasteiger partial charge in [0.05, 0.1) is 6.07 Å². The van der Waals surface area contributed by atoms with Gasteiger partial charge in [-0.05, 0) is 25.2 Å². The molecule has 0 aromatic rings. The Balaban J connectivity index is 2.82. The van der Waals surface area contributed by atoms with E-state index >= 15 is 0 Å². The highest BCUT2D eigenvalue weighted by atomic mass is 14.4. The second kappa shape index (κ2) is 3.20. The zero-order chi connectivity index (χ0) is 9.19. The normalized spacial score (nSPS) is 33.3. The van der Waals surface area contributed by atoms with Crippen LogP contribution in [0.3, 0.4) is 0 Å². The van der Waals surface area contributed by atoms with Gasteiger partial charge in [-0.25, -0.2) is 0 Å². The fraction of sp³-hybridized carbons (Fsp3) is 0.727. The zero-order valence-electron chi connectivity index (χ0n) is 7.80. The molecule has 1 rings (SSSR count). The maximum Gasteiger partial charge on any atom is 0.118 e. The van der Waals surface area contributed by atoms with Gasteiger partial charge in [0.25, 0.3) is 0 Å². The van der Waals surface area contributed by atoms with Crippen LogP contribution in [-0.4, -0.2) is 0 Å². The summed E-state index contributed by atoms with van der Waals surface area (Å²) in [5, 5.41) is 8.97. The Morgan fingerprint density at radius 2 is 2.17 bits per heavy atom. The number of nitriles is 1. The minimum absolute atomic E-state index is 0.410. The van der Waals surface area contributed by atoms with Crippen molar-refractivity contribution in [3.8, 4) is 18.4 Å². The minimum Gasteiger partial charge on any atom is -0.197 e. The summed E-state index contributed by atoms with van der Waals surface area (Å²) < 4.78 is 0. The van der Waals surface area contributed by atoms with Crippen molar-refractivity contribution in [2.45, 2.75) is 33.1 Å². The molecule has 0 N–H and O–H groups in total. The quantitative estimate of drug-likeness (QED) is 0.542. The third kappa shape index (κ3) is 1.32. The second-order valence-corrected chi connectivity index (χ2v) is 3.97. The summed E-state index contributed by atoms with van der Waals surface area (Å²) in [4.78, 5) is 0. The van der Waals surface area contributed by atoms with E-state index in [0.29, 0.717) is 11.8 Å². The van der Waals surface area contributed by atoms with Gasteiger partial charge in [-0.3, -0.25) is 0 Å². The smallest absolute Gasteiger partial charge is 0.118 e. The molecule has 0 bridgehead atoms. The van der Waals surface area contributed by atoms with Gasteiger partial charge >= 0.3 is 0 Å².